The molecule has 0 saturated heterocycles. The van der Waals surface area contributed by atoms with Crippen molar-refractivity contribution in [2.24, 2.45) is 0 Å². The molecule has 0 aliphatic heterocycles. The predicted molar refractivity (Wildman–Crippen MR) is 57.6 cm³/mol. The first-order valence-electron chi connectivity index (χ1n) is 5.22. The number of carbonyl (C=O) groups excluding carboxylic acids is 1. The van der Waals surface area contributed by atoms with E-state index in [4.69, 9.17) is 0 Å². The van der Waals surface area contributed by atoms with Gasteiger partial charge in [0, 0.05) is 18.9 Å². The van der Waals surface area contributed by atoms with Gasteiger partial charge in [0.05, 0.1) is 0 Å². The zero-order chi connectivity index (χ0) is 10.4. The van der Waals surface area contributed by atoms with Crippen LogP contribution >= 0.6 is 0 Å². The molecular formula is C12H18NO. The highest BCUT2D eigenvalue weighted by molar-refractivity contribution is 5.73. The fourth-order valence-electron chi connectivity index (χ4n) is 1.60. The first-order chi connectivity index (χ1) is 6.74. The van der Waals surface area contributed by atoms with Gasteiger partial charge in [-0.1, -0.05) is 19.8 Å². The van der Waals surface area contributed by atoms with E-state index in [0.717, 1.165) is 19.3 Å². The first-order valence-corrected chi connectivity index (χ1v) is 5.22. The van der Waals surface area contributed by atoms with Crippen LogP contribution in [0.3, 0.4) is 0 Å². The first kappa shape index (κ1) is 11.5. The number of carbonyl (C=O) groups is 1. The monoisotopic (exact) mass is 192 g/mol. The van der Waals surface area contributed by atoms with Gasteiger partial charge >= 0.3 is 0 Å². The largest absolute Gasteiger partial charge is 0.353 e. The molecular weight excluding hydrogens is 174 g/mol. The molecule has 5 radical (unpaired) electrons. The van der Waals surface area contributed by atoms with E-state index in [2.05, 4.69) is 25.1 Å². The lowest BCUT2D eigenvalue weighted by atomic mass is 9.93. The molecule has 14 heavy (non-hydrogen) atoms. The number of nitrogens with one attached hydrogen (secondary N) is 1. The minimum atomic E-state index is 0.0484. The number of unbranched alkanes of at least 4 members (excludes halogenated alkanes) is 1. The molecule has 1 fully saturated rings. The number of amides is 1. The van der Waals surface area contributed by atoms with Crippen molar-refractivity contribution < 1.29 is 4.79 Å². The lowest BCUT2D eigenvalue weighted by Crippen LogP contribution is -2.37. The molecule has 2 nitrogen and oxygen atoms in total. The van der Waals surface area contributed by atoms with E-state index in [0.29, 0.717) is 0 Å². The van der Waals surface area contributed by atoms with Crippen LogP contribution in [0, 0.1) is 31.6 Å². The Morgan fingerprint density at radius 3 is 2.57 bits per heavy atom. The van der Waals surface area contributed by atoms with Crippen LogP contribution in [0.4, 0.5) is 0 Å². The molecule has 1 atom stereocenters. The highest BCUT2D eigenvalue weighted by Crippen LogP contribution is 2.28. The summed E-state index contributed by atoms with van der Waals surface area (Å²) >= 11 is 0. The van der Waals surface area contributed by atoms with Crippen molar-refractivity contribution in [2.75, 3.05) is 0 Å². The Labute approximate surface area is 87.5 Å². The Balaban J connectivity index is 2.37. The minimum Gasteiger partial charge on any atom is -0.353 e. The summed E-state index contributed by atoms with van der Waals surface area (Å²) < 4.78 is 0. The Morgan fingerprint density at radius 2 is 2.07 bits per heavy atom. The van der Waals surface area contributed by atoms with Gasteiger partial charge in [-0.05, 0) is 32.1 Å². The van der Waals surface area contributed by atoms with Gasteiger partial charge in [-0.25, -0.2) is 0 Å². The molecule has 77 valence electrons. The third-order valence-electron chi connectivity index (χ3n) is 2.31. The molecule has 1 aliphatic rings. The zero-order valence-corrected chi connectivity index (χ0v) is 8.92. The summed E-state index contributed by atoms with van der Waals surface area (Å²) in [7, 11) is 0. The van der Waals surface area contributed by atoms with Crippen LogP contribution in [0.15, 0.2) is 0 Å². The Morgan fingerprint density at radius 1 is 1.43 bits per heavy atom. The molecule has 1 N–H and O–H groups in total. The van der Waals surface area contributed by atoms with Crippen LogP contribution in [0.25, 0.3) is 0 Å². The molecule has 1 saturated carbocycles. The van der Waals surface area contributed by atoms with E-state index in [-0.39, 0.29) is 11.9 Å². The molecule has 0 aromatic rings. The molecule has 0 aromatic carbocycles. The predicted octanol–water partition coefficient (Wildman–Crippen LogP) is 2.09. The standard InChI is InChI=1S/C12H18NO/c1-3-4-9-12(13-10(2)14)11-7-5-6-8-11/h5-8,12H,3-4,9H2,1-2H3,(H,13,14)/t12-/m1/s1. The normalized spacial score (nSPS) is 19.6. The smallest absolute Gasteiger partial charge is 0.217 e. The average molecular weight is 192 g/mol. The number of hydrogen-bond acceptors (Lipinski definition) is 1. The van der Waals surface area contributed by atoms with E-state index < -0.39 is 0 Å². The van der Waals surface area contributed by atoms with Gasteiger partial charge < -0.3 is 5.32 Å². The number of rotatable bonds is 5. The van der Waals surface area contributed by atoms with Crippen LogP contribution in [0.2, 0.25) is 0 Å². The van der Waals surface area contributed by atoms with Crippen molar-refractivity contribution in [1.29, 1.82) is 0 Å². The number of hydrogen-bond donors (Lipinski definition) is 1. The van der Waals surface area contributed by atoms with Gasteiger partial charge in [-0.15, -0.1) is 0 Å². The molecule has 1 aliphatic carbocycles. The van der Waals surface area contributed by atoms with Crippen LogP contribution in [0.5, 0.6) is 0 Å². The summed E-state index contributed by atoms with van der Waals surface area (Å²) in [6.07, 6.45) is 11.5. The fourth-order valence-corrected chi connectivity index (χ4v) is 1.60. The van der Waals surface area contributed by atoms with E-state index in [1.165, 1.54) is 5.92 Å². The Hall–Kier alpha value is -0.530. The van der Waals surface area contributed by atoms with Crippen LogP contribution in [-0.2, 0) is 4.79 Å². The SMILES string of the molecule is CCCC[C@@H](NC(C)=O)[C]1[CH][CH][CH][CH]1. The molecule has 2 heteroatoms. The third-order valence-corrected chi connectivity index (χ3v) is 2.31. The maximum absolute atomic E-state index is 11.0. The van der Waals surface area contributed by atoms with Gasteiger partial charge in [0.2, 0.25) is 5.91 Å². The van der Waals surface area contributed by atoms with Crippen molar-refractivity contribution in [2.45, 2.75) is 39.2 Å². The summed E-state index contributed by atoms with van der Waals surface area (Å²) in [5.74, 6) is 1.26. The zero-order valence-electron chi connectivity index (χ0n) is 8.92. The third kappa shape index (κ3) is 3.69. The molecule has 0 aromatic heterocycles. The van der Waals surface area contributed by atoms with E-state index in [9.17, 15) is 4.79 Å². The lowest BCUT2D eigenvalue weighted by Gasteiger charge is -2.23. The second-order valence-electron chi connectivity index (χ2n) is 3.61. The minimum absolute atomic E-state index is 0.0484. The lowest BCUT2D eigenvalue weighted by molar-refractivity contribution is -0.119. The van der Waals surface area contributed by atoms with E-state index in [1.807, 2.05) is 12.8 Å². The van der Waals surface area contributed by atoms with Crippen LogP contribution < -0.4 is 5.32 Å². The van der Waals surface area contributed by atoms with Gasteiger partial charge in [0.1, 0.15) is 0 Å². The van der Waals surface area contributed by atoms with Crippen molar-refractivity contribution in [3.05, 3.63) is 31.6 Å². The summed E-state index contributed by atoms with van der Waals surface area (Å²) in [6, 6.07) is 0.197. The Bertz CT molecular complexity index is 173. The van der Waals surface area contributed by atoms with Crippen molar-refractivity contribution in [1.82, 2.24) is 5.32 Å². The summed E-state index contributed by atoms with van der Waals surface area (Å²) in [4.78, 5) is 11.0. The molecule has 0 spiro atoms. The molecule has 0 bridgehead atoms. The summed E-state index contributed by atoms with van der Waals surface area (Å²) in [5, 5.41) is 2.98. The molecule has 0 heterocycles. The highest BCUT2D eigenvalue weighted by atomic mass is 16.1. The molecule has 0 unspecified atom stereocenters. The summed E-state index contributed by atoms with van der Waals surface area (Å²) in [5.41, 5.74) is 0. The second-order valence-corrected chi connectivity index (χ2v) is 3.61. The van der Waals surface area contributed by atoms with Gasteiger partial charge in [-0.3, -0.25) is 4.79 Å². The van der Waals surface area contributed by atoms with E-state index >= 15 is 0 Å². The maximum atomic E-state index is 11.0. The van der Waals surface area contributed by atoms with Gasteiger partial charge in [0.15, 0.2) is 0 Å². The molecule has 1 amide bonds. The summed E-state index contributed by atoms with van der Waals surface area (Å²) in [6.45, 7) is 3.73. The second kappa shape index (κ2) is 6.05. The highest BCUT2D eigenvalue weighted by Gasteiger charge is 2.26. The molecule has 1 rings (SSSR count). The average Bonchev–Trinajstić information content (AvgIpc) is 2.64. The quantitative estimate of drug-likeness (QED) is 0.710. The van der Waals surface area contributed by atoms with Crippen molar-refractivity contribution in [3.8, 4) is 0 Å². The van der Waals surface area contributed by atoms with Crippen molar-refractivity contribution in [3.63, 3.8) is 0 Å². The maximum Gasteiger partial charge on any atom is 0.217 e. The topological polar surface area (TPSA) is 29.1 Å². The van der Waals surface area contributed by atoms with Gasteiger partial charge in [-0.2, -0.15) is 0 Å². The van der Waals surface area contributed by atoms with Crippen molar-refractivity contribution >= 4 is 5.91 Å². The van der Waals surface area contributed by atoms with Crippen LogP contribution in [-0.4, -0.2) is 11.9 Å². The van der Waals surface area contributed by atoms with Crippen LogP contribution in [0.1, 0.15) is 33.1 Å². The Kier molecular flexibility index (Phi) is 4.99. The fraction of sp³-hybridized carbons (Fsp3) is 0.500. The van der Waals surface area contributed by atoms with Gasteiger partial charge in [0.25, 0.3) is 0 Å². The van der Waals surface area contributed by atoms with E-state index in [1.54, 1.807) is 6.92 Å².